The number of carbonyl (C=O) groups is 1. The number of amides is 1. The molecule has 7 nitrogen and oxygen atoms in total. The number of rotatable bonds is 6. The Kier molecular flexibility index (Phi) is 6.62. The average molecular weight is 389 g/mol. The molecule has 1 aliphatic carbocycles. The minimum Gasteiger partial charge on any atom is -0.349 e. The zero-order valence-electron chi connectivity index (χ0n) is 17.2. The van der Waals surface area contributed by atoms with Gasteiger partial charge in [0.05, 0.1) is 6.20 Å². The third-order valence-electron chi connectivity index (χ3n) is 7.00. The van der Waals surface area contributed by atoms with Crippen LogP contribution in [0, 0.1) is 5.92 Å². The third kappa shape index (κ3) is 4.74. The summed E-state index contributed by atoms with van der Waals surface area (Å²) < 4.78 is 1.84. The quantitative estimate of drug-likeness (QED) is 0.781. The number of nitrogens with zero attached hydrogens (tertiary/aromatic N) is 4. The first-order valence-corrected chi connectivity index (χ1v) is 11.4. The molecule has 2 aliphatic heterocycles. The van der Waals surface area contributed by atoms with Gasteiger partial charge in [-0.15, -0.1) is 5.10 Å². The molecule has 3 fully saturated rings. The minimum atomic E-state index is -0.0741. The topological polar surface area (TPSA) is 75.1 Å². The summed E-state index contributed by atoms with van der Waals surface area (Å²) in [5.74, 6) is 0.506. The van der Waals surface area contributed by atoms with Gasteiger partial charge in [0.15, 0.2) is 5.69 Å². The molecule has 1 atom stereocenters. The van der Waals surface area contributed by atoms with Crippen molar-refractivity contribution in [1.82, 2.24) is 30.5 Å². The Morgan fingerprint density at radius 2 is 1.93 bits per heavy atom. The maximum absolute atomic E-state index is 12.8. The number of hydrogen-bond acceptors (Lipinski definition) is 5. The van der Waals surface area contributed by atoms with Gasteiger partial charge in [-0.05, 0) is 70.6 Å². The Bertz CT molecular complexity index is 627. The number of hydrogen-bond donors (Lipinski definition) is 2. The molecule has 1 saturated carbocycles. The van der Waals surface area contributed by atoms with E-state index in [0.717, 1.165) is 26.2 Å². The van der Waals surface area contributed by atoms with Crippen molar-refractivity contribution in [2.45, 2.75) is 76.3 Å². The van der Waals surface area contributed by atoms with Crippen molar-refractivity contribution in [3.05, 3.63) is 11.9 Å². The largest absolute Gasteiger partial charge is 0.349 e. The zero-order chi connectivity index (χ0) is 19.2. The molecular formula is C21H36N6O. The lowest BCUT2D eigenvalue weighted by molar-refractivity contribution is 0.0326. The molecule has 1 amide bonds. The highest BCUT2D eigenvalue weighted by Crippen LogP contribution is 2.35. The summed E-state index contributed by atoms with van der Waals surface area (Å²) in [6.45, 7) is 6.08. The Labute approximate surface area is 168 Å². The summed E-state index contributed by atoms with van der Waals surface area (Å²) in [5.41, 5.74) is 0.603. The van der Waals surface area contributed by atoms with Gasteiger partial charge in [-0.1, -0.05) is 30.9 Å². The van der Waals surface area contributed by atoms with E-state index in [1.165, 1.54) is 77.3 Å². The number of piperidine rings is 2. The Morgan fingerprint density at radius 3 is 2.68 bits per heavy atom. The number of aromatic nitrogens is 3. The molecule has 0 spiro atoms. The summed E-state index contributed by atoms with van der Waals surface area (Å²) in [6, 6.07) is 0. The van der Waals surface area contributed by atoms with Crippen LogP contribution in [-0.4, -0.2) is 64.1 Å². The van der Waals surface area contributed by atoms with E-state index in [4.69, 9.17) is 0 Å². The van der Waals surface area contributed by atoms with Gasteiger partial charge < -0.3 is 10.6 Å². The molecule has 28 heavy (non-hydrogen) atoms. The van der Waals surface area contributed by atoms with Crippen molar-refractivity contribution in [3.63, 3.8) is 0 Å². The monoisotopic (exact) mass is 388 g/mol. The second-order valence-corrected chi connectivity index (χ2v) is 9.05. The number of nitrogens with one attached hydrogen (secondary N) is 2. The van der Waals surface area contributed by atoms with Crippen molar-refractivity contribution in [3.8, 4) is 0 Å². The van der Waals surface area contributed by atoms with Crippen molar-refractivity contribution >= 4 is 5.91 Å². The Morgan fingerprint density at radius 1 is 1.14 bits per heavy atom. The molecule has 3 heterocycles. The predicted molar refractivity (Wildman–Crippen MR) is 109 cm³/mol. The van der Waals surface area contributed by atoms with E-state index in [-0.39, 0.29) is 11.4 Å². The van der Waals surface area contributed by atoms with Gasteiger partial charge in [0.1, 0.15) is 0 Å². The Hall–Kier alpha value is -1.47. The molecule has 156 valence electrons. The van der Waals surface area contributed by atoms with Gasteiger partial charge in [-0.25, -0.2) is 0 Å². The minimum absolute atomic E-state index is 0.0741. The third-order valence-corrected chi connectivity index (χ3v) is 7.00. The van der Waals surface area contributed by atoms with Crippen molar-refractivity contribution in [2.75, 3.05) is 32.7 Å². The fraction of sp³-hybridized carbons (Fsp3) is 0.857. The van der Waals surface area contributed by atoms with Crippen molar-refractivity contribution in [2.24, 2.45) is 5.92 Å². The lowest BCUT2D eigenvalue weighted by Gasteiger charge is -2.48. The van der Waals surface area contributed by atoms with Gasteiger partial charge in [0.2, 0.25) is 0 Å². The summed E-state index contributed by atoms with van der Waals surface area (Å²) in [5, 5.41) is 15.0. The molecule has 0 bridgehead atoms. The van der Waals surface area contributed by atoms with Gasteiger partial charge >= 0.3 is 0 Å². The van der Waals surface area contributed by atoms with Gasteiger partial charge in [-0.3, -0.25) is 14.4 Å². The summed E-state index contributed by atoms with van der Waals surface area (Å²) >= 11 is 0. The van der Waals surface area contributed by atoms with Crippen LogP contribution >= 0.6 is 0 Å². The fourth-order valence-electron chi connectivity index (χ4n) is 5.35. The van der Waals surface area contributed by atoms with Crippen LogP contribution in [0.15, 0.2) is 6.20 Å². The van der Waals surface area contributed by atoms with E-state index in [1.54, 1.807) is 0 Å². The number of carbonyl (C=O) groups excluding carboxylic acids is 1. The normalized spacial score (nSPS) is 26.1. The van der Waals surface area contributed by atoms with Crippen LogP contribution in [0.25, 0.3) is 0 Å². The lowest BCUT2D eigenvalue weighted by Crippen LogP contribution is -2.58. The summed E-state index contributed by atoms with van der Waals surface area (Å²) in [4.78, 5) is 15.4. The zero-order valence-corrected chi connectivity index (χ0v) is 17.2. The second kappa shape index (κ2) is 9.35. The molecule has 0 aromatic carbocycles. The highest BCUT2D eigenvalue weighted by atomic mass is 16.2. The summed E-state index contributed by atoms with van der Waals surface area (Å²) in [6.07, 6.45) is 14.5. The molecule has 7 heteroatoms. The molecule has 0 radical (unpaired) electrons. The fourth-order valence-corrected chi connectivity index (χ4v) is 5.35. The molecule has 3 aliphatic rings. The second-order valence-electron chi connectivity index (χ2n) is 9.05. The number of likely N-dealkylation sites (tertiary alicyclic amines) is 1. The van der Waals surface area contributed by atoms with E-state index in [1.807, 2.05) is 10.9 Å². The SMILES string of the molecule is O=C(NCC1(N2CCCCC2)CCCCC1)c1cn(C[C@@H]2CCCNC2)nn1. The van der Waals surface area contributed by atoms with E-state index in [0.29, 0.717) is 11.6 Å². The first-order chi connectivity index (χ1) is 13.8. The predicted octanol–water partition coefficient (Wildman–Crippen LogP) is 2.20. The maximum Gasteiger partial charge on any atom is 0.273 e. The smallest absolute Gasteiger partial charge is 0.273 e. The van der Waals surface area contributed by atoms with Crippen molar-refractivity contribution in [1.29, 1.82) is 0 Å². The first-order valence-electron chi connectivity index (χ1n) is 11.4. The molecule has 2 N–H and O–H groups in total. The van der Waals surface area contributed by atoms with Gasteiger partial charge in [-0.2, -0.15) is 0 Å². The maximum atomic E-state index is 12.8. The molecule has 0 unspecified atom stereocenters. The van der Waals surface area contributed by atoms with Crippen molar-refractivity contribution < 1.29 is 4.79 Å². The van der Waals surface area contributed by atoms with E-state index in [2.05, 4.69) is 25.8 Å². The van der Waals surface area contributed by atoms with Gasteiger partial charge in [0, 0.05) is 18.6 Å². The molecular weight excluding hydrogens is 352 g/mol. The molecule has 4 rings (SSSR count). The standard InChI is InChI=1S/C21H36N6O/c28-20(19-16-27(25-24-19)15-18-8-7-11-22-14-18)23-17-21(9-3-1-4-10-21)26-12-5-2-6-13-26/h16,18,22H,1-15,17H2,(H,23,28)/t18-/m1/s1. The lowest BCUT2D eigenvalue weighted by atomic mass is 9.79. The molecule has 2 saturated heterocycles. The average Bonchev–Trinajstić information content (AvgIpc) is 3.23. The first kappa shape index (κ1) is 19.8. The van der Waals surface area contributed by atoms with E-state index in [9.17, 15) is 4.79 Å². The highest BCUT2D eigenvalue weighted by Gasteiger charge is 2.38. The van der Waals surface area contributed by atoms with Crippen LogP contribution in [0.3, 0.4) is 0 Å². The highest BCUT2D eigenvalue weighted by molar-refractivity contribution is 5.91. The summed E-state index contributed by atoms with van der Waals surface area (Å²) in [7, 11) is 0. The molecule has 1 aromatic heterocycles. The van der Waals surface area contributed by atoms with Gasteiger partial charge in [0.25, 0.3) is 5.91 Å². The van der Waals surface area contributed by atoms with Crippen LogP contribution in [0.5, 0.6) is 0 Å². The van der Waals surface area contributed by atoms with Crippen LogP contribution in [-0.2, 0) is 6.54 Å². The van der Waals surface area contributed by atoms with Crippen LogP contribution in [0.2, 0.25) is 0 Å². The van der Waals surface area contributed by atoms with Crippen LogP contribution in [0.1, 0.15) is 74.7 Å². The van der Waals surface area contributed by atoms with Crippen LogP contribution < -0.4 is 10.6 Å². The molecule has 1 aromatic rings. The van der Waals surface area contributed by atoms with Crippen LogP contribution in [0.4, 0.5) is 0 Å². The Balaban J connectivity index is 1.34. The van der Waals surface area contributed by atoms with E-state index < -0.39 is 0 Å². The van der Waals surface area contributed by atoms with E-state index >= 15 is 0 Å².